The number of nitrogens with one attached hydrogen (secondary N) is 1. The predicted molar refractivity (Wildman–Crippen MR) is 62.1 cm³/mol. The number of aryl methyl sites for hydroxylation is 2. The molecule has 1 aromatic rings. The first-order valence-electron chi connectivity index (χ1n) is 5.98. The summed E-state index contributed by atoms with van der Waals surface area (Å²) in [4.78, 5) is 0. The minimum atomic E-state index is 0.568. The second-order valence-corrected chi connectivity index (χ2v) is 4.53. The van der Waals surface area contributed by atoms with Crippen molar-refractivity contribution in [3.8, 4) is 0 Å². The van der Waals surface area contributed by atoms with Gasteiger partial charge in [-0.05, 0) is 45.7 Å². The van der Waals surface area contributed by atoms with Gasteiger partial charge in [-0.1, -0.05) is 6.92 Å². The fraction of sp³-hybridized carbons (Fsp3) is 0.750. The summed E-state index contributed by atoms with van der Waals surface area (Å²) in [6.45, 7) is 7.46. The highest BCUT2D eigenvalue weighted by Gasteiger charge is 2.29. The van der Waals surface area contributed by atoms with E-state index in [-0.39, 0.29) is 0 Å². The molecule has 2 unspecified atom stereocenters. The Bertz CT molecular complexity index is 330. The lowest BCUT2D eigenvalue weighted by Gasteiger charge is -2.22. The molecule has 0 aliphatic heterocycles. The molecule has 0 bridgehead atoms. The van der Waals surface area contributed by atoms with E-state index in [0.29, 0.717) is 12.1 Å². The Balaban J connectivity index is 2.18. The summed E-state index contributed by atoms with van der Waals surface area (Å²) in [6.07, 6.45) is 3.87. The molecule has 0 spiro atoms. The van der Waals surface area contributed by atoms with Gasteiger partial charge in [0.15, 0.2) is 0 Å². The third-order valence-electron chi connectivity index (χ3n) is 3.30. The molecule has 3 nitrogen and oxygen atoms in total. The number of nitrogens with zero attached hydrogens (tertiary/aromatic N) is 2. The lowest BCUT2D eigenvalue weighted by Crippen LogP contribution is -2.34. The Hall–Kier alpha value is -0.830. The average molecular weight is 207 g/mol. The summed E-state index contributed by atoms with van der Waals surface area (Å²) in [7, 11) is 0. The van der Waals surface area contributed by atoms with Gasteiger partial charge in [0.05, 0.1) is 11.7 Å². The molecule has 0 radical (unpaired) electrons. The summed E-state index contributed by atoms with van der Waals surface area (Å²) in [6, 6.07) is 3.35. The van der Waals surface area contributed by atoms with Crippen molar-refractivity contribution in [2.75, 3.05) is 6.54 Å². The number of likely N-dealkylation sites (N-methyl/N-ethyl adjacent to an activating group) is 1. The minimum absolute atomic E-state index is 0.568. The van der Waals surface area contributed by atoms with Crippen LogP contribution in [-0.4, -0.2) is 22.4 Å². The van der Waals surface area contributed by atoms with E-state index in [1.165, 1.54) is 25.0 Å². The Morgan fingerprint density at radius 2 is 2.27 bits per heavy atom. The van der Waals surface area contributed by atoms with Gasteiger partial charge in [0, 0.05) is 11.7 Å². The third-order valence-corrected chi connectivity index (χ3v) is 3.30. The van der Waals surface area contributed by atoms with Crippen LogP contribution in [0.1, 0.15) is 43.6 Å². The smallest absolute Gasteiger partial charge is 0.0675 e. The summed E-state index contributed by atoms with van der Waals surface area (Å²) in [5.41, 5.74) is 2.43. The van der Waals surface area contributed by atoms with Crippen LogP contribution in [0.5, 0.6) is 0 Å². The van der Waals surface area contributed by atoms with Gasteiger partial charge >= 0.3 is 0 Å². The molecule has 0 amide bonds. The topological polar surface area (TPSA) is 29.9 Å². The van der Waals surface area contributed by atoms with Crippen molar-refractivity contribution < 1.29 is 0 Å². The van der Waals surface area contributed by atoms with Crippen molar-refractivity contribution in [1.82, 2.24) is 15.1 Å². The first-order valence-corrected chi connectivity index (χ1v) is 5.98. The van der Waals surface area contributed by atoms with Gasteiger partial charge in [0.25, 0.3) is 0 Å². The Morgan fingerprint density at radius 1 is 1.47 bits per heavy atom. The van der Waals surface area contributed by atoms with Gasteiger partial charge in [0.1, 0.15) is 0 Å². The number of hydrogen-bond acceptors (Lipinski definition) is 2. The van der Waals surface area contributed by atoms with Crippen LogP contribution < -0.4 is 5.32 Å². The van der Waals surface area contributed by atoms with E-state index in [9.17, 15) is 0 Å². The first kappa shape index (κ1) is 10.7. The molecule has 0 aromatic carbocycles. The zero-order valence-electron chi connectivity index (χ0n) is 9.95. The van der Waals surface area contributed by atoms with Crippen molar-refractivity contribution in [2.24, 2.45) is 0 Å². The van der Waals surface area contributed by atoms with Gasteiger partial charge in [-0.2, -0.15) is 5.10 Å². The summed E-state index contributed by atoms with van der Waals surface area (Å²) >= 11 is 0. The van der Waals surface area contributed by atoms with Crippen molar-refractivity contribution in [3.63, 3.8) is 0 Å². The van der Waals surface area contributed by atoms with Crippen molar-refractivity contribution >= 4 is 0 Å². The van der Waals surface area contributed by atoms with E-state index in [2.05, 4.69) is 41.9 Å². The first-order chi connectivity index (χ1) is 7.22. The monoisotopic (exact) mass is 207 g/mol. The van der Waals surface area contributed by atoms with E-state index in [4.69, 9.17) is 0 Å². The quantitative estimate of drug-likeness (QED) is 0.823. The van der Waals surface area contributed by atoms with Crippen LogP contribution in [-0.2, 0) is 0 Å². The molecule has 1 heterocycles. The van der Waals surface area contributed by atoms with Gasteiger partial charge in [0.2, 0.25) is 0 Å². The van der Waals surface area contributed by atoms with Gasteiger partial charge in [-0.25, -0.2) is 0 Å². The maximum atomic E-state index is 4.60. The fourth-order valence-electron chi connectivity index (χ4n) is 2.72. The molecule has 0 saturated heterocycles. The molecule has 1 aliphatic rings. The second-order valence-electron chi connectivity index (χ2n) is 4.53. The maximum Gasteiger partial charge on any atom is 0.0675 e. The lowest BCUT2D eigenvalue weighted by molar-refractivity contribution is 0.365. The van der Waals surface area contributed by atoms with Crippen LogP contribution in [0.25, 0.3) is 0 Å². The largest absolute Gasteiger partial charge is 0.312 e. The average Bonchev–Trinajstić information content (AvgIpc) is 2.73. The number of rotatable bonds is 3. The SMILES string of the molecule is CCNC1CCCC1n1nc(C)cc1C. The highest BCUT2D eigenvalue weighted by atomic mass is 15.3. The number of hydrogen-bond donors (Lipinski definition) is 1. The van der Waals surface area contributed by atoms with E-state index in [0.717, 1.165) is 12.2 Å². The summed E-state index contributed by atoms with van der Waals surface area (Å²) in [5.74, 6) is 0. The molecular formula is C12H21N3. The lowest BCUT2D eigenvalue weighted by atomic mass is 10.1. The summed E-state index contributed by atoms with van der Waals surface area (Å²) < 4.78 is 2.22. The minimum Gasteiger partial charge on any atom is -0.312 e. The molecule has 15 heavy (non-hydrogen) atoms. The van der Waals surface area contributed by atoms with E-state index >= 15 is 0 Å². The number of aromatic nitrogens is 2. The van der Waals surface area contributed by atoms with Gasteiger partial charge < -0.3 is 5.32 Å². The zero-order chi connectivity index (χ0) is 10.8. The van der Waals surface area contributed by atoms with Crippen molar-refractivity contribution in [1.29, 1.82) is 0 Å². The highest BCUT2D eigenvalue weighted by Crippen LogP contribution is 2.30. The highest BCUT2D eigenvalue weighted by molar-refractivity contribution is 5.09. The molecule has 1 aliphatic carbocycles. The van der Waals surface area contributed by atoms with Crippen LogP contribution >= 0.6 is 0 Å². The third kappa shape index (κ3) is 2.07. The van der Waals surface area contributed by atoms with Gasteiger partial charge in [-0.15, -0.1) is 0 Å². The summed E-state index contributed by atoms with van der Waals surface area (Å²) in [5, 5.41) is 8.17. The predicted octanol–water partition coefficient (Wildman–Crippen LogP) is 2.20. The van der Waals surface area contributed by atoms with Crippen LogP contribution in [0.4, 0.5) is 0 Å². The Kier molecular flexibility index (Phi) is 3.10. The normalized spacial score (nSPS) is 26.1. The molecule has 1 aromatic heterocycles. The molecular weight excluding hydrogens is 186 g/mol. The van der Waals surface area contributed by atoms with Crippen LogP contribution in [0.3, 0.4) is 0 Å². The molecule has 2 atom stereocenters. The molecule has 84 valence electrons. The van der Waals surface area contributed by atoms with Crippen molar-refractivity contribution in [3.05, 3.63) is 17.5 Å². The fourth-order valence-corrected chi connectivity index (χ4v) is 2.72. The van der Waals surface area contributed by atoms with Crippen LogP contribution in [0.2, 0.25) is 0 Å². The van der Waals surface area contributed by atoms with Crippen LogP contribution in [0, 0.1) is 13.8 Å². The van der Waals surface area contributed by atoms with E-state index in [1.54, 1.807) is 0 Å². The molecule has 1 fully saturated rings. The maximum absolute atomic E-state index is 4.60. The second kappa shape index (κ2) is 4.35. The zero-order valence-corrected chi connectivity index (χ0v) is 9.95. The van der Waals surface area contributed by atoms with Crippen LogP contribution in [0.15, 0.2) is 6.07 Å². The molecule has 2 rings (SSSR count). The molecule has 1 saturated carbocycles. The Labute approximate surface area is 91.9 Å². The van der Waals surface area contributed by atoms with Crippen molar-refractivity contribution in [2.45, 2.75) is 52.1 Å². The van der Waals surface area contributed by atoms with E-state index in [1.807, 2.05) is 0 Å². The standard InChI is InChI=1S/C12H21N3/c1-4-13-11-6-5-7-12(11)15-10(3)8-9(2)14-15/h8,11-13H,4-7H2,1-3H3. The molecule has 3 heteroatoms. The molecule has 1 N–H and O–H groups in total. The van der Waals surface area contributed by atoms with E-state index < -0.39 is 0 Å². The van der Waals surface area contributed by atoms with Gasteiger partial charge in [-0.3, -0.25) is 4.68 Å². The Morgan fingerprint density at radius 3 is 2.87 bits per heavy atom.